The van der Waals surface area contributed by atoms with E-state index in [1.165, 1.54) is 12.8 Å². The molecule has 0 bridgehead atoms. The standard InChI is InChI=1S/C20H28N2O3/c21-18(23)14-15-10-12-22(13-11-15)20(24)19(16-6-2-1-3-7-16)25-17-8-4-5-9-17/h1-3,6-7,15,17,19H,4-5,8-14H2,(H2,21,23)/t19-/m0/s1. The summed E-state index contributed by atoms with van der Waals surface area (Å²) in [5.74, 6) is 0.0969. The van der Waals surface area contributed by atoms with Gasteiger partial charge in [-0.2, -0.15) is 0 Å². The summed E-state index contributed by atoms with van der Waals surface area (Å²) in [4.78, 5) is 26.1. The molecule has 1 aliphatic carbocycles. The van der Waals surface area contributed by atoms with Crippen molar-refractivity contribution in [3.63, 3.8) is 0 Å². The molecule has 0 aromatic heterocycles. The van der Waals surface area contributed by atoms with Crippen LogP contribution in [0.3, 0.4) is 0 Å². The van der Waals surface area contributed by atoms with Gasteiger partial charge in [-0.25, -0.2) is 0 Å². The smallest absolute Gasteiger partial charge is 0.256 e. The number of carbonyl (C=O) groups excluding carboxylic acids is 2. The number of primary amides is 1. The molecule has 0 unspecified atom stereocenters. The minimum absolute atomic E-state index is 0.0515. The van der Waals surface area contributed by atoms with E-state index in [-0.39, 0.29) is 17.9 Å². The van der Waals surface area contributed by atoms with Crippen LogP contribution in [0.1, 0.15) is 56.6 Å². The Morgan fingerprint density at radius 3 is 2.32 bits per heavy atom. The third kappa shape index (κ3) is 4.82. The van der Waals surface area contributed by atoms with Crippen LogP contribution in [-0.4, -0.2) is 35.9 Å². The van der Waals surface area contributed by atoms with Crippen LogP contribution in [0.4, 0.5) is 0 Å². The van der Waals surface area contributed by atoms with E-state index in [1.807, 2.05) is 35.2 Å². The van der Waals surface area contributed by atoms with Crippen molar-refractivity contribution in [2.75, 3.05) is 13.1 Å². The fourth-order valence-corrected chi connectivity index (χ4v) is 3.93. The fourth-order valence-electron chi connectivity index (χ4n) is 3.93. The van der Waals surface area contributed by atoms with Gasteiger partial charge in [0.2, 0.25) is 5.91 Å². The second-order valence-corrected chi connectivity index (χ2v) is 7.27. The number of nitrogens with zero attached hydrogens (tertiary/aromatic N) is 1. The van der Waals surface area contributed by atoms with Crippen LogP contribution < -0.4 is 5.73 Å². The molecule has 2 N–H and O–H groups in total. The molecule has 3 rings (SSSR count). The van der Waals surface area contributed by atoms with Gasteiger partial charge in [0.15, 0.2) is 6.10 Å². The number of carbonyl (C=O) groups is 2. The first-order valence-corrected chi connectivity index (χ1v) is 9.41. The van der Waals surface area contributed by atoms with E-state index in [1.54, 1.807) is 0 Å². The Morgan fingerprint density at radius 1 is 1.08 bits per heavy atom. The topological polar surface area (TPSA) is 72.6 Å². The monoisotopic (exact) mass is 344 g/mol. The molecule has 0 spiro atoms. The Labute approximate surface area is 149 Å². The van der Waals surface area contributed by atoms with Crippen LogP contribution in [0.25, 0.3) is 0 Å². The number of piperidine rings is 1. The third-order valence-corrected chi connectivity index (χ3v) is 5.37. The van der Waals surface area contributed by atoms with Gasteiger partial charge in [0, 0.05) is 19.5 Å². The number of likely N-dealkylation sites (tertiary alicyclic amines) is 1. The predicted octanol–water partition coefficient (Wildman–Crippen LogP) is 2.80. The maximum Gasteiger partial charge on any atom is 0.256 e. The van der Waals surface area contributed by atoms with Crippen LogP contribution in [0.2, 0.25) is 0 Å². The molecule has 2 aliphatic rings. The van der Waals surface area contributed by atoms with Gasteiger partial charge in [-0.05, 0) is 37.2 Å². The van der Waals surface area contributed by atoms with Crippen molar-refractivity contribution >= 4 is 11.8 Å². The van der Waals surface area contributed by atoms with Crippen LogP contribution in [0.5, 0.6) is 0 Å². The second kappa shape index (κ2) is 8.48. The van der Waals surface area contributed by atoms with Crippen LogP contribution in [-0.2, 0) is 14.3 Å². The third-order valence-electron chi connectivity index (χ3n) is 5.37. The molecule has 136 valence electrons. The first-order valence-electron chi connectivity index (χ1n) is 9.41. The molecule has 1 saturated carbocycles. The molecule has 1 heterocycles. The van der Waals surface area contributed by atoms with Crippen LogP contribution >= 0.6 is 0 Å². The highest BCUT2D eigenvalue weighted by molar-refractivity contribution is 5.82. The second-order valence-electron chi connectivity index (χ2n) is 7.27. The Balaban J connectivity index is 1.66. The zero-order valence-electron chi connectivity index (χ0n) is 14.7. The van der Waals surface area contributed by atoms with Crippen molar-refractivity contribution in [2.45, 2.75) is 57.2 Å². The summed E-state index contributed by atoms with van der Waals surface area (Å²) >= 11 is 0. The summed E-state index contributed by atoms with van der Waals surface area (Å²) in [7, 11) is 0. The lowest BCUT2D eigenvalue weighted by Gasteiger charge is -2.34. The van der Waals surface area contributed by atoms with Crippen molar-refractivity contribution in [3.05, 3.63) is 35.9 Å². The first-order chi connectivity index (χ1) is 12.1. The number of nitrogens with two attached hydrogens (primary N) is 1. The molecular weight excluding hydrogens is 316 g/mol. The molecule has 0 radical (unpaired) electrons. The highest BCUT2D eigenvalue weighted by atomic mass is 16.5. The lowest BCUT2D eigenvalue weighted by molar-refractivity contribution is -0.149. The van der Waals surface area contributed by atoms with Gasteiger partial charge in [-0.3, -0.25) is 9.59 Å². The summed E-state index contributed by atoms with van der Waals surface area (Å²) in [5, 5.41) is 0. The highest BCUT2D eigenvalue weighted by Crippen LogP contribution is 2.30. The van der Waals surface area contributed by atoms with Gasteiger partial charge >= 0.3 is 0 Å². The molecule has 1 aliphatic heterocycles. The lowest BCUT2D eigenvalue weighted by atomic mass is 9.93. The van der Waals surface area contributed by atoms with E-state index in [0.29, 0.717) is 25.4 Å². The number of hydrogen-bond donors (Lipinski definition) is 1. The summed E-state index contributed by atoms with van der Waals surface area (Å²) < 4.78 is 6.24. The minimum atomic E-state index is -0.517. The van der Waals surface area contributed by atoms with E-state index in [4.69, 9.17) is 10.5 Å². The normalized spacial score (nSPS) is 20.6. The fraction of sp³-hybridized carbons (Fsp3) is 0.600. The van der Waals surface area contributed by atoms with E-state index >= 15 is 0 Å². The van der Waals surface area contributed by atoms with Crippen molar-refractivity contribution in [2.24, 2.45) is 11.7 Å². The molecule has 1 aromatic carbocycles. The van der Waals surface area contributed by atoms with Gasteiger partial charge in [0.1, 0.15) is 0 Å². The first kappa shape index (κ1) is 17.9. The minimum Gasteiger partial charge on any atom is -0.370 e. The van der Waals surface area contributed by atoms with Gasteiger partial charge in [0.05, 0.1) is 6.10 Å². The van der Waals surface area contributed by atoms with E-state index in [9.17, 15) is 9.59 Å². The van der Waals surface area contributed by atoms with Crippen molar-refractivity contribution in [1.82, 2.24) is 4.90 Å². The van der Waals surface area contributed by atoms with Gasteiger partial charge < -0.3 is 15.4 Å². The van der Waals surface area contributed by atoms with Crippen molar-refractivity contribution in [1.29, 1.82) is 0 Å². The average molecular weight is 344 g/mol. The Kier molecular flexibility index (Phi) is 6.08. The van der Waals surface area contributed by atoms with Gasteiger partial charge in [0.25, 0.3) is 5.91 Å². The quantitative estimate of drug-likeness (QED) is 0.862. The molecule has 1 aromatic rings. The SMILES string of the molecule is NC(=O)CC1CCN(C(=O)[C@@H](OC2CCCC2)c2ccccc2)CC1. The zero-order chi connectivity index (χ0) is 17.6. The lowest BCUT2D eigenvalue weighted by Crippen LogP contribution is -2.42. The van der Waals surface area contributed by atoms with Gasteiger partial charge in [-0.1, -0.05) is 43.2 Å². The average Bonchev–Trinajstić information content (AvgIpc) is 3.13. The van der Waals surface area contributed by atoms with Crippen LogP contribution in [0.15, 0.2) is 30.3 Å². The van der Waals surface area contributed by atoms with Crippen LogP contribution in [0, 0.1) is 5.92 Å². The summed E-state index contributed by atoms with van der Waals surface area (Å²) in [6, 6.07) is 9.80. The molecule has 5 nitrogen and oxygen atoms in total. The van der Waals surface area contributed by atoms with Crippen molar-refractivity contribution < 1.29 is 14.3 Å². The largest absolute Gasteiger partial charge is 0.370 e. The van der Waals surface area contributed by atoms with E-state index in [0.717, 1.165) is 31.2 Å². The Morgan fingerprint density at radius 2 is 1.72 bits per heavy atom. The maximum atomic E-state index is 13.1. The summed E-state index contributed by atoms with van der Waals surface area (Å²) in [6.07, 6.45) is 6.19. The molecular formula is C20H28N2O3. The summed E-state index contributed by atoms with van der Waals surface area (Å²) in [6.45, 7) is 1.35. The maximum absolute atomic E-state index is 13.1. The number of rotatable bonds is 6. The Bertz CT molecular complexity index is 576. The van der Waals surface area contributed by atoms with E-state index in [2.05, 4.69) is 0 Å². The summed E-state index contributed by atoms with van der Waals surface area (Å²) in [5.41, 5.74) is 6.22. The number of hydrogen-bond acceptors (Lipinski definition) is 3. The predicted molar refractivity (Wildman–Crippen MR) is 95.6 cm³/mol. The molecule has 1 atom stereocenters. The van der Waals surface area contributed by atoms with Gasteiger partial charge in [-0.15, -0.1) is 0 Å². The molecule has 2 fully saturated rings. The highest BCUT2D eigenvalue weighted by Gasteiger charge is 2.32. The molecule has 2 amide bonds. The zero-order valence-corrected chi connectivity index (χ0v) is 14.7. The number of amides is 2. The van der Waals surface area contributed by atoms with Crippen molar-refractivity contribution in [3.8, 4) is 0 Å². The molecule has 5 heteroatoms. The molecule has 1 saturated heterocycles. The Hall–Kier alpha value is -1.88. The molecule has 25 heavy (non-hydrogen) atoms. The number of benzene rings is 1. The van der Waals surface area contributed by atoms with E-state index < -0.39 is 6.10 Å². The number of ether oxygens (including phenoxy) is 1.